The first-order valence-electron chi connectivity index (χ1n) is 5.95. The number of hydrogen-bond donors (Lipinski definition) is 1. The number of hydrogen-bond acceptors (Lipinski definition) is 4. The Labute approximate surface area is 99.7 Å². The number of nitrogens with zero attached hydrogens (tertiary/aromatic N) is 1. The summed E-state index contributed by atoms with van der Waals surface area (Å²) in [5.74, 6) is 0.437. The summed E-state index contributed by atoms with van der Waals surface area (Å²) in [4.78, 5) is 14.2. The SMILES string of the molecule is Cc1ccoc1C(=O)N1CCO[C@H]2CNC[C@H]21. The number of ether oxygens (including phenoxy) is 1. The predicted molar refractivity (Wildman–Crippen MR) is 60.9 cm³/mol. The molecule has 1 aromatic rings. The van der Waals surface area contributed by atoms with Gasteiger partial charge in [-0.25, -0.2) is 0 Å². The quantitative estimate of drug-likeness (QED) is 0.767. The minimum absolute atomic E-state index is 0.0190. The number of morpholine rings is 1. The minimum atomic E-state index is -0.0190. The van der Waals surface area contributed by atoms with Crippen LogP contribution in [-0.4, -0.2) is 49.2 Å². The Hall–Kier alpha value is -1.33. The highest BCUT2D eigenvalue weighted by Crippen LogP contribution is 2.21. The summed E-state index contributed by atoms with van der Waals surface area (Å²) in [6.07, 6.45) is 1.69. The van der Waals surface area contributed by atoms with Gasteiger partial charge in [0.25, 0.3) is 5.91 Å². The van der Waals surface area contributed by atoms with Gasteiger partial charge in [-0.1, -0.05) is 0 Å². The molecule has 0 saturated carbocycles. The molecule has 3 heterocycles. The lowest BCUT2D eigenvalue weighted by Crippen LogP contribution is -2.53. The molecule has 2 fully saturated rings. The molecule has 17 heavy (non-hydrogen) atoms. The largest absolute Gasteiger partial charge is 0.459 e. The van der Waals surface area contributed by atoms with Crippen LogP contribution in [0.4, 0.5) is 0 Å². The van der Waals surface area contributed by atoms with Crippen LogP contribution in [0.25, 0.3) is 0 Å². The summed E-state index contributed by atoms with van der Waals surface area (Å²) in [6.45, 7) is 4.76. The highest BCUT2D eigenvalue weighted by molar-refractivity contribution is 5.93. The zero-order valence-corrected chi connectivity index (χ0v) is 9.81. The van der Waals surface area contributed by atoms with E-state index in [1.807, 2.05) is 17.9 Å². The summed E-state index contributed by atoms with van der Waals surface area (Å²) < 4.78 is 10.9. The second kappa shape index (κ2) is 4.16. The average molecular weight is 236 g/mol. The Kier molecular flexibility index (Phi) is 2.64. The van der Waals surface area contributed by atoms with Gasteiger partial charge in [0.05, 0.1) is 25.0 Å². The molecule has 92 valence electrons. The monoisotopic (exact) mass is 236 g/mol. The molecule has 2 aliphatic rings. The fourth-order valence-electron chi connectivity index (χ4n) is 2.56. The van der Waals surface area contributed by atoms with Gasteiger partial charge in [-0.05, 0) is 13.0 Å². The van der Waals surface area contributed by atoms with Crippen molar-refractivity contribution in [2.75, 3.05) is 26.2 Å². The fraction of sp³-hybridized carbons (Fsp3) is 0.583. The number of carbonyl (C=O) groups excluding carboxylic acids is 1. The lowest BCUT2D eigenvalue weighted by molar-refractivity contribution is -0.0374. The van der Waals surface area contributed by atoms with Crippen LogP contribution in [-0.2, 0) is 4.74 Å². The van der Waals surface area contributed by atoms with Crippen molar-refractivity contribution in [2.24, 2.45) is 0 Å². The minimum Gasteiger partial charge on any atom is -0.459 e. The molecular weight excluding hydrogens is 220 g/mol. The van der Waals surface area contributed by atoms with E-state index in [2.05, 4.69) is 5.32 Å². The van der Waals surface area contributed by atoms with Crippen LogP contribution in [0.15, 0.2) is 16.7 Å². The summed E-state index contributed by atoms with van der Waals surface area (Å²) in [6, 6.07) is 1.96. The van der Waals surface area contributed by atoms with E-state index in [1.165, 1.54) is 0 Å². The Morgan fingerprint density at radius 1 is 1.53 bits per heavy atom. The van der Waals surface area contributed by atoms with Crippen molar-refractivity contribution < 1.29 is 13.9 Å². The maximum Gasteiger partial charge on any atom is 0.290 e. The third-order valence-electron chi connectivity index (χ3n) is 3.51. The summed E-state index contributed by atoms with van der Waals surface area (Å²) in [5.41, 5.74) is 0.893. The summed E-state index contributed by atoms with van der Waals surface area (Å²) in [7, 11) is 0. The lowest BCUT2D eigenvalue weighted by atomic mass is 10.1. The van der Waals surface area contributed by atoms with Crippen LogP contribution >= 0.6 is 0 Å². The van der Waals surface area contributed by atoms with E-state index in [0.29, 0.717) is 18.9 Å². The molecule has 0 aromatic carbocycles. The van der Waals surface area contributed by atoms with Gasteiger partial charge in [-0.3, -0.25) is 4.79 Å². The molecule has 3 rings (SSSR count). The van der Waals surface area contributed by atoms with Gasteiger partial charge in [-0.15, -0.1) is 0 Å². The van der Waals surface area contributed by atoms with E-state index in [-0.39, 0.29) is 18.1 Å². The van der Waals surface area contributed by atoms with Gasteiger partial charge >= 0.3 is 0 Å². The van der Waals surface area contributed by atoms with Crippen molar-refractivity contribution in [1.29, 1.82) is 0 Å². The number of nitrogens with one attached hydrogen (secondary N) is 1. The van der Waals surface area contributed by atoms with E-state index in [4.69, 9.17) is 9.15 Å². The Bertz CT molecular complexity index is 429. The molecule has 2 saturated heterocycles. The van der Waals surface area contributed by atoms with E-state index >= 15 is 0 Å². The van der Waals surface area contributed by atoms with Gasteiger partial charge < -0.3 is 19.4 Å². The molecule has 0 bridgehead atoms. The molecule has 0 spiro atoms. The Morgan fingerprint density at radius 2 is 2.41 bits per heavy atom. The number of aryl methyl sites for hydroxylation is 1. The van der Waals surface area contributed by atoms with Crippen LogP contribution in [0, 0.1) is 6.92 Å². The van der Waals surface area contributed by atoms with Crippen LogP contribution in [0.1, 0.15) is 16.1 Å². The Balaban J connectivity index is 1.83. The maximum absolute atomic E-state index is 12.4. The molecule has 5 nitrogen and oxygen atoms in total. The number of rotatable bonds is 1. The maximum atomic E-state index is 12.4. The number of carbonyl (C=O) groups is 1. The predicted octanol–water partition coefficient (Wildman–Crippen LogP) is 0.401. The molecule has 1 amide bonds. The van der Waals surface area contributed by atoms with E-state index in [1.54, 1.807) is 6.26 Å². The molecule has 1 N–H and O–H groups in total. The van der Waals surface area contributed by atoms with Crippen molar-refractivity contribution in [3.05, 3.63) is 23.7 Å². The smallest absolute Gasteiger partial charge is 0.290 e. The van der Waals surface area contributed by atoms with Crippen LogP contribution in [0.3, 0.4) is 0 Å². The number of fused-ring (bicyclic) bond motifs is 1. The fourth-order valence-corrected chi connectivity index (χ4v) is 2.56. The third kappa shape index (κ3) is 1.75. The van der Waals surface area contributed by atoms with Gasteiger partial charge in [0, 0.05) is 25.2 Å². The normalized spacial score (nSPS) is 28.2. The van der Waals surface area contributed by atoms with Gasteiger partial charge in [0.1, 0.15) is 0 Å². The number of amides is 1. The number of furan rings is 1. The molecule has 0 radical (unpaired) electrons. The van der Waals surface area contributed by atoms with Crippen molar-refractivity contribution in [1.82, 2.24) is 10.2 Å². The second-order valence-corrected chi connectivity index (χ2v) is 4.57. The summed E-state index contributed by atoms with van der Waals surface area (Å²) in [5, 5.41) is 3.26. The third-order valence-corrected chi connectivity index (χ3v) is 3.51. The van der Waals surface area contributed by atoms with Crippen LogP contribution < -0.4 is 5.32 Å². The lowest BCUT2D eigenvalue weighted by Gasteiger charge is -2.36. The first-order chi connectivity index (χ1) is 8.27. The van der Waals surface area contributed by atoms with Gasteiger partial charge in [0.2, 0.25) is 0 Å². The first-order valence-corrected chi connectivity index (χ1v) is 5.95. The standard InChI is InChI=1S/C12H16N2O3/c1-8-2-4-17-11(8)12(15)14-3-5-16-10-7-13-6-9(10)14/h2,4,9-10,13H,3,5-7H2,1H3/t9-,10+/m1/s1. The first kappa shape index (κ1) is 10.8. The molecule has 1 aromatic heterocycles. The molecule has 2 atom stereocenters. The summed E-state index contributed by atoms with van der Waals surface area (Å²) >= 11 is 0. The molecule has 5 heteroatoms. The topological polar surface area (TPSA) is 54.7 Å². The van der Waals surface area contributed by atoms with Crippen molar-refractivity contribution in [2.45, 2.75) is 19.1 Å². The van der Waals surface area contributed by atoms with Crippen molar-refractivity contribution in [3.8, 4) is 0 Å². The van der Waals surface area contributed by atoms with Gasteiger partial charge in [-0.2, -0.15) is 0 Å². The highest BCUT2D eigenvalue weighted by atomic mass is 16.5. The zero-order chi connectivity index (χ0) is 11.8. The van der Waals surface area contributed by atoms with Crippen LogP contribution in [0.2, 0.25) is 0 Å². The van der Waals surface area contributed by atoms with Crippen LogP contribution in [0.5, 0.6) is 0 Å². The second-order valence-electron chi connectivity index (χ2n) is 4.57. The van der Waals surface area contributed by atoms with Crippen molar-refractivity contribution in [3.63, 3.8) is 0 Å². The van der Waals surface area contributed by atoms with E-state index < -0.39 is 0 Å². The molecule has 0 unspecified atom stereocenters. The molecular formula is C12H16N2O3. The van der Waals surface area contributed by atoms with E-state index in [9.17, 15) is 4.79 Å². The van der Waals surface area contributed by atoms with Crippen molar-refractivity contribution >= 4 is 5.91 Å². The Morgan fingerprint density at radius 3 is 3.18 bits per heavy atom. The van der Waals surface area contributed by atoms with Gasteiger partial charge in [0.15, 0.2) is 5.76 Å². The van der Waals surface area contributed by atoms with E-state index in [0.717, 1.165) is 18.7 Å². The zero-order valence-electron chi connectivity index (χ0n) is 9.81. The highest BCUT2D eigenvalue weighted by Gasteiger charge is 2.39. The molecule has 0 aliphatic carbocycles. The molecule has 2 aliphatic heterocycles. The average Bonchev–Trinajstić information content (AvgIpc) is 2.95.